The fraction of sp³-hybridized carbons (Fsp3) is 0.500. The Bertz CT molecular complexity index is 888. The van der Waals surface area contributed by atoms with Gasteiger partial charge in [-0.15, -0.1) is 11.3 Å². The van der Waals surface area contributed by atoms with Gasteiger partial charge < -0.3 is 14.5 Å². The first-order valence-electron chi connectivity index (χ1n) is 10.9. The number of carbonyl (C=O) groups excluding carboxylic acids is 2. The highest BCUT2D eigenvalue weighted by Crippen LogP contribution is 2.38. The van der Waals surface area contributed by atoms with Crippen LogP contribution >= 0.6 is 11.3 Å². The molecule has 0 saturated heterocycles. The van der Waals surface area contributed by atoms with E-state index < -0.39 is 0 Å². The van der Waals surface area contributed by atoms with Gasteiger partial charge in [0.05, 0.1) is 13.2 Å². The molecule has 1 aromatic carbocycles. The zero-order valence-corrected chi connectivity index (χ0v) is 18.6. The number of thiophene rings is 1. The molecule has 6 heteroatoms. The van der Waals surface area contributed by atoms with Crippen LogP contribution in [0.4, 0.5) is 0 Å². The number of hydrogen-bond donors (Lipinski definition) is 0. The Hall–Kier alpha value is -2.34. The van der Waals surface area contributed by atoms with Gasteiger partial charge in [-0.25, -0.2) is 0 Å². The Morgan fingerprint density at radius 3 is 2.63 bits per heavy atom. The molecule has 1 unspecified atom stereocenters. The van der Waals surface area contributed by atoms with Gasteiger partial charge in [-0.1, -0.05) is 25.5 Å². The molecule has 2 heterocycles. The number of nitrogens with zero attached hydrogens (tertiary/aromatic N) is 2. The maximum atomic E-state index is 13.5. The molecule has 160 valence electrons. The number of rotatable bonds is 8. The van der Waals surface area contributed by atoms with Gasteiger partial charge in [0, 0.05) is 23.9 Å². The lowest BCUT2D eigenvalue weighted by molar-refractivity contribution is -0.142. The Morgan fingerprint density at radius 1 is 1.20 bits per heavy atom. The molecule has 0 bridgehead atoms. The van der Waals surface area contributed by atoms with Gasteiger partial charge in [-0.2, -0.15) is 0 Å². The summed E-state index contributed by atoms with van der Waals surface area (Å²) in [5, 5.41) is 2.11. The Morgan fingerprint density at radius 2 is 1.97 bits per heavy atom. The number of unbranched alkanes of at least 4 members (excludes halogenated alkanes) is 1. The van der Waals surface area contributed by atoms with Crippen LogP contribution in [-0.4, -0.2) is 47.9 Å². The average molecular weight is 427 g/mol. The minimum atomic E-state index is -0.106. The first-order chi connectivity index (χ1) is 14.6. The molecule has 2 amide bonds. The Kier molecular flexibility index (Phi) is 6.42. The zero-order chi connectivity index (χ0) is 21.1. The van der Waals surface area contributed by atoms with Crippen LogP contribution in [0.1, 0.15) is 61.1 Å². The summed E-state index contributed by atoms with van der Waals surface area (Å²) in [4.78, 5) is 31.3. The van der Waals surface area contributed by atoms with Gasteiger partial charge >= 0.3 is 0 Å². The highest BCUT2D eigenvalue weighted by Gasteiger charge is 2.37. The molecule has 4 rings (SSSR count). The first-order valence-corrected chi connectivity index (χ1v) is 11.8. The number of ether oxygens (including phenoxy) is 1. The second-order valence-electron chi connectivity index (χ2n) is 8.17. The minimum Gasteiger partial charge on any atom is -0.497 e. The molecular weight excluding hydrogens is 396 g/mol. The molecule has 1 aromatic heterocycles. The first kappa shape index (κ1) is 20.9. The predicted molar refractivity (Wildman–Crippen MR) is 119 cm³/mol. The molecule has 5 nitrogen and oxygen atoms in total. The summed E-state index contributed by atoms with van der Waals surface area (Å²) < 4.78 is 5.31. The number of methoxy groups -OCH3 is 1. The Labute approximate surface area is 182 Å². The number of amides is 2. The molecule has 30 heavy (non-hydrogen) atoms. The van der Waals surface area contributed by atoms with Crippen LogP contribution in [0.15, 0.2) is 35.7 Å². The Balaban J connectivity index is 1.57. The van der Waals surface area contributed by atoms with Crippen molar-refractivity contribution >= 4 is 23.2 Å². The van der Waals surface area contributed by atoms with Crippen molar-refractivity contribution in [3.63, 3.8) is 0 Å². The lowest BCUT2D eigenvalue weighted by Gasteiger charge is -2.37. The standard InChI is InChI=1S/C24H30N2O3S/c1-3-4-5-22(27)26(18-8-9-18)16-23(28)25-14-12-21-20(13-15-30-21)24(25)17-6-10-19(29-2)11-7-17/h6-7,10-11,13,15,18,24H,3-5,8-9,12,14,16H2,1-2H3. The van der Waals surface area contributed by atoms with Crippen molar-refractivity contribution in [2.24, 2.45) is 0 Å². The maximum absolute atomic E-state index is 13.5. The third kappa shape index (κ3) is 4.38. The second kappa shape index (κ2) is 9.21. The summed E-state index contributed by atoms with van der Waals surface area (Å²) in [5.41, 5.74) is 2.29. The van der Waals surface area contributed by atoms with Crippen LogP contribution in [-0.2, 0) is 16.0 Å². The van der Waals surface area contributed by atoms with Crippen LogP contribution in [0.5, 0.6) is 5.75 Å². The molecule has 1 aliphatic heterocycles. The molecule has 0 N–H and O–H groups in total. The van der Waals surface area contributed by atoms with Crippen molar-refractivity contribution in [3.8, 4) is 5.75 Å². The number of hydrogen-bond acceptors (Lipinski definition) is 4. The minimum absolute atomic E-state index is 0.0458. The maximum Gasteiger partial charge on any atom is 0.243 e. The van der Waals surface area contributed by atoms with Gasteiger partial charge in [0.15, 0.2) is 0 Å². The summed E-state index contributed by atoms with van der Waals surface area (Å²) in [7, 11) is 1.66. The van der Waals surface area contributed by atoms with Gasteiger partial charge in [0.25, 0.3) is 0 Å². The van der Waals surface area contributed by atoms with E-state index in [4.69, 9.17) is 4.74 Å². The van der Waals surface area contributed by atoms with Crippen molar-refractivity contribution in [3.05, 3.63) is 51.7 Å². The quantitative estimate of drug-likeness (QED) is 0.628. The molecular formula is C24H30N2O3S. The van der Waals surface area contributed by atoms with E-state index in [2.05, 4.69) is 18.4 Å². The lowest BCUT2D eigenvalue weighted by Crippen LogP contribution is -2.47. The summed E-state index contributed by atoms with van der Waals surface area (Å²) in [6, 6.07) is 10.3. The van der Waals surface area contributed by atoms with Crippen molar-refractivity contribution in [1.29, 1.82) is 0 Å². The fourth-order valence-corrected chi connectivity index (χ4v) is 5.15. The second-order valence-corrected chi connectivity index (χ2v) is 9.17. The third-order valence-corrected chi connectivity index (χ3v) is 7.07. The van der Waals surface area contributed by atoms with E-state index in [1.54, 1.807) is 18.4 Å². The van der Waals surface area contributed by atoms with E-state index in [0.29, 0.717) is 13.0 Å². The lowest BCUT2D eigenvalue weighted by atomic mass is 9.93. The van der Waals surface area contributed by atoms with E-state index >= 15 is 0 Å². The van der Waals surface area contributed by atoms with E-state index in [0.717, 1.165) is 43.4 Å². The molecule has 2 aromatic rings. The van der Waals surface area contributed by atoms with Crippen molar-refractivity contribution in [2.75, 3.05) is 20.2 Å². The van der Waals surface area contributed by atoms with Gasteiger partial charge in [0.2, 0.25) is 11.8 Å². The van der Waals surface area contributed by atoms with Crippen LogP contribution in [0.25, 0.3) is 0 Å². The predicted octanol–water partition coefficient (Wildman–Crippen LogP) is 4.41. The number of benzene rings is 1. The SMILES string of the molecule is CCCCC(=O)N(CC(=O)N1CCc2sccc2C1c1ccc(OC)cc1)C1CC1. The number of carbonyl (C=O) groups is 2. The summed E-state index contributed by atoms with van der Waals surface area (Å²) >= 11 is 1.76. The fourth-order valence-electron chi connectivity index (χ4n) is 4.25. The molecule has 1 fully saturated rings. The van der Waals surface area contributed by atoms with E-state index in [9.17, 15) is 9.59 Å². The molecule has 1 atom stereocenters. The van der Waals surface area contributed by atoms with E-state index in [-0.39, 0.29) is 30.4 Å². The highest BCUT2D eigenvalue weighted by atomic mass is 32.1. The molecule has 0 spiro atoms. The van der Waals surface area contributed by atoms with Crippen molar-refractivity contribution < 1.29 is 14.3 Å². The third-order valence-electron chi connectivity index (χ3n) is 6.08. The largest absolute Gasteiger partial charge is 0.497 e. The van der Waals surface area contributed by atoms with Crippen molar-refractivity contribution in [2.45, 2.75) is 57.5 Å². The number of fused-ring (bicyclic) bond motifs is 1. The van der Waals surface area contributed by atoms with Crippen LogP contribution in [0.3, 0.4) is 0 Å². The monoisotopic (exact) mass is 426 g/mol. The van der Waals surface area contributed by atoms with Crippen LogP contribution < -0.4 is 4.74 Å². The summed E-state index contributed by atoms with van der Waals surface area (Å²) in [6.07, 6.45) is 5.32. The zero-order valence-electron chi connectivity index (χ0n) is 17.8. The average Bonchev–Trinajstić information content (AvgIpc) is 3.50. The smallest absolute Gasteiger partial charge is 0.243 e. The van der Waals surface area contributed by atoms with Crippen LogP contribution in [0.2, 0.25) is 0 Å². The summed E-state index contributed by atoms with van der Waals surface area (Å²) in [6.45, 7) is 2.97. The summed E-state index contributed by atoms with van der Waals surface area (Å²) in [5.74, 6) is 0.978. The topological polar surface area (TPSA) is 49.9 Å². The van der Waals surface area contributed by atoms with Gasteiger partial charge in [0.1, 0.15) is 12.3 Å². The normalized spacial score (nSPS) is 18.1. The molecule has 1 aliphatic carbocycles. The van der Waals surface area contributed by atoms with Crippen LogP contribution in [0, 0.1) is 0 Å². The van der Waals surface area contributed by atoms with Crippen molar-refractivity contribution in [1.82, 2.24) is 9.80 Å². The van der Waals surface area contributed by atoms with E-state index in [1.807, 2.05) is 34.1 Å². The molecule has 1 saturated carbocycles. The van der Waals surface area contributed by atoms with Gasteiger partial charge in [-0.3, -0.25) is 9.59 Å². The van der Waals surface area contributed by atoms with E-state index in [1.165, 1.54) is 10.4 Å². The highest BCUT2D eigenvalue weighted by molar-refractivity contribution is 7.10. The molecule has 0 radical (unpaired) electrons. The molecule has 2 aliphatic rings. The van der Waals surface area contributed by atoms with Gasteiger partial charge in [-0.05, 0) is 60.4 Å².